The van der Waals surface area contributed by atoms with E-state index in [-0.39, 0.29) is 18.0 Å². The second-order valence-electron chi connectivity index (χ2n) is 3.53. The summed E-state index contributed by atoms with van der Waals surface area (Å²) in [5.74, 6) is -0.0185. The average Bonchev–Trinajstić information content (AvgIpc) is 2.18. The Morgan fingerprint density at radius 3 is 2.47 bits per heavy atom. The lowest BCUT2D eigenvalue weighted by Gasteiger charge is -2.18. The van der Waals surface area contributed by atoms with Crippen molar-refractivity contribution < 1.29 is 14.3 Å². The molecule has 90 valence electrons. The lowest BCUT2D eigenvalue weighted by molar-refractivity contribution is -0.123. The van der Waals surface area contributed by atoms with E-state index in [1.165, 1.54) is 0 Å². The van der Waals surface area contributed by atoms with Crippen LogP contribution in [0.2, 0.25) is 0 Å². The third-order valence-corrected chi connectivity index (χ3v) is 1.95. The first-order valence-electron chi connectivity index (χ1n) is 5.13. The molecule has 2 unspecified atom stereocenters. The van der Waals surface area contributed by atoms with E-state index in [0.717, 1.165) is 0 Å². The van der Waals surface area contributed by atoms with E-state index in [4.69, 9.17) is 9.47 Å². The SMILES string of the molecule is COCCNC(=O)C(C)NC(C)COC. The number of ether oxygens (including phenoxy) is 2. The maximum absolute atomic E-state index is 11.5. The Morgan fingerprint density at radius 2 is 1.93 bits per heavy atom. The van der Waals surface area contributed by atoms with Gasteiger partial charge in [-0.3, -0.25) is 4.79 Å². The molecule has 0 aliphatic heterocycles. The normalized spacial score (nSPS) is 14.7. The zero-order chi connectivity index (χ0) is 11.7. The van der Waals surface area contributed by atoms with Crippen molar-refractivity contribution in [1.82, 2.24) is 10.6 Å². The van der Waals surface area contributed by atoms with Gasteiger partial charge >= 0.3 is 0 Å². The monoisotopic (exact) mass is 218 g/mol. The van der Waals surface area contributed by atoms with E-state index in [2.05, 4.69) is 10.6 Å². The smallest absolute Gasteiger partial charge is 0.236 e. The lowest BCUT2D eigenvalue weighted by atomic mass is 10.2. The number of nitrogens with one attached hydrogen (secondary N) is 2. The molecule has 0 heterocycles. The topological polar surface area (TPSA) is 59.6 Å². The number of methoxy groups -OCH3 is 2. The summed E-state index contributed by atoms with van der Waals surface area (Å²) in [6.45, 7) is 5.47. The number of hydrogen-bond donors (Lipinski definition) is 2. The molecule has 0 aromatic rings. The number of rotatable bonds is 8. The Kier molecular flexibility index (Phi) is 8.27. The van der Waals surface area contributed by atoms with Gasteiger partial charge < -0.3 is 20.1 Å². The Balaban J connectivity index is 3.68. The van der Waals surface area contributed by atoms with Gasteiger partial charge in [-0.05, 0) is 13.8 Å². The maximum atomic E-state index is 11.5. The van der Waals surface area contributed by atoms with Crippen LogP contribution in [0, 0.1) is 0 Å². The highest BCUT2D eigenvalue weighted by atomic mass is 16.5. The summed E-state index contributed by atoms with van der Waals surface area (Å²) in [7, 11) is 3.25. The van der Waals surface area contributed by atoms with Crippen LogP contribution >= 0.6 is 0 Å². The quantitative estimate of drug-likeness (QED) is 0.552. The van der Waals surface area contributed by atoms with Gasteiger partial charge in [-0.15, -0.1) is 0 Å². The van der Waals surface area contributed by atoms with Crippen molar-refractivity contribution in [3.05, 3.63) is 0 Å². The fourth-order valence-corrected chi connectivity index (χ4v) is 1.23. The number of carbonyl (C=O) groups is 1. The highest BCUT2D eigenvalue weighted by Crippen LogP contribution is 1.88. The average molecular weight is 218 g/mol. The first-order valence-corrected chi connectivity index (χ1v) is 5.13. The molecule has 0 aliphatic carbocycles. The highest BCUT2D eigenvalue weighted by Gasteiger charge is 2.14. The van der Waals surface area contributed by atoms with Gasteiger partial charge in [-0.25, -0.2) is 0 Å². The van der Waals surface area contributed by atoms with E-state index in [9.17, 15) is 4.79 Å². The van der Waals surface area contributed by atoms with Crippen LogP contribution in [0.25, 0.3) is 0 Å². The molecule has 0 spiro atoms. The molecule has 2 atom stereocenters. The van der Waals surface area contributed by atoms with Crippen LogP contribution in [0.3, 0.4) is 0 Å². The minimum absolute atomic E-state index is 0.0185. The molecule has 0 saturated carbocycles. The number of carbonyl (C=O) groups excluding carboxylic acids is 1. The van der Waals surface area contributed by atoms with Gasteiger partial charge in [0.05, 0.1) is 19.3 Å². The minimum atomic E-state index is -0.216. The van der Waals surface area contributed by atoms with Crippen molar-refractivity contribution in [2.24, 2.45) is 0 Å². The molecule has 0 aliphatic rings. The molecule has 0 rings (SSSR count). The van der Waals surface area contributed by atoms with Crippen LogP contribution < -0.4 is 10.6 Å². The van der Waals surface area contributed by atoms with Crippen LogP contribution in [0.5, 0.6) is 0 Å². The Hall–Kier alpha value is -0.650. The molecule has 0 aromatic heterocycles. The predicted molar refractivity (Wildman–Crippen MR) is 58.8 cm³/mol. The van der Waals surface area contributed by atoms with E-state index in [0.29, 0.717) is 19.8 Å². The van der Waals surface area contributed by atoms with Gasteiger partial charge in [0.2, 0.25) is 5.91 Å². The predicted octanol–water partition coefficient (Wildman–Crippen LogP) is -0.238. The van der Waals surface area contributed by atoms with Crippen molar-refractivity contribution in [2.75, 3.05) is 34.0 Å². The van der Waals surface area contributed by atoms with Crippen molar-refractivity contribution in [3.8, 4) is 0 Å². The van der Waals surface area contributed by atoms with Crippen LogP contribution in [-0.4, -0.2) is 52.0 Å². The van der Waals surface area contributed by atoms with Gasteiger partial charge in [0.1, 0.15) is 0 Å². The largest absolute Gasteiger partial charge is 0.383 e. The van der Waals surface area contributed by atoms with Crippen LogP contribution in [0.4, 0.5) is 0 Å². The maximum Gasteiger partial charge on any atom is 0.236 e. The lowest BCUT2D eigenvalue weighted by Crippen LogP contribution is -2.47. The first kappa shape index (κ1) is 14.3. The molecular formula is C10H22N2O3. The fraction of sp³-hybridized carbons (Fsp3) is 0.900. The molecule has 0 aromatic carbocycles. The Morgan fingerprint density at radius 1 is 1.27 bits per heavy atom. The van der Waals surface area contributed by atoms with Gasteiger partial charge in [-0.1, -0.05) is 0 Å². The third kappa shape index (κ3) is 7.30. The summed E-state index contributed by atoms with van der Waals surface area (Å²) in [4.78, 5) is 11.5. The van der Waals surface area contributed by atoms with Gasteiger partial charge in [0.25, 0.3) is 0 Å². The van der Waals surface area contributed by atoms with Crippen molar-refractivity contribution in [3.63, 3.8) is 0 Å². The molecule has 1 amide bonds. The molecule has 5 nitrogen and oxygen atoms in total. The highest BCUT2D eigenvalue weighted by molar-refractivity contribution is 5.81. The molecule has 5 heteroatoms. The van der Waals surface area contributed by atoms with E-state index in [1.54, 1.807) is 14.2 Å². The summed E-state index contributed by atoms with van der Waals surface area (Å²) in [5.41, 5.74) is 0. The van der Waals surface area contributed by atoms with Crippen LogP contribution in [0.1, 0.15) is 13.8 Å². The summed E-state index contributed by atoms with van der Waals surface area (Å²) in [5, 5.41) is 5.89. The number of amides is 1. The van der Waals surface area contributed by atoms with E-state index in [1.807, 2.05) is 13.8 Å². The molecule has 0 radical (unpaired) electrons. The summed E-state index contributed by atoms with van der Waals surface area (Å²) in [6.07, 6.45) is 0. The van der Waals surface area contributed by atoms with Crippen molar-refractivity contribution in [2.45, 2.75) is 25.9 Å². The summed E-state index contributed by atoms with van der Waals surface area (Å²) < 4.78 is 9.81. The zero-order valence-electron chi connectivity index (χ0n) is 10.0. The molecule has 0 fully saturated rings. The molecule has 15 heavy (non-hydrogen) atoms. The van der Waals surface area contributed by atoms with Gasteiger partial charge in [0, 0.05) is 26.8 Å². The van der Waals surface area contributed by atoms with Crippen molar-refractivity contribution in [1.29, 1.82) is 0 Å². The molecular weight excluding hydrogens is 196 g/mol. The summed E-state index contributed by atoms with van der Waals surface area (Å²) in [6, 6.07) is -0.0508. The Labute approximate surface area is 91.5 Å². The minimum Gasteiger partial charge on any atom is -0.383 e. The standard InChI is InChI=1S/C10H22N2O3/c1-8(7-15-4)12-9(2)10(13)11-5-6-14-3/h8-9,12H,5-7H2,1-4H3,(H,11,13). The number of hydrogen-bond acceptors (Lipinski definition) is 4. The van der Waals surface area contributed by atoms with Crippen molar-refractivity contribution >= 4 is 5.91 Å². The molecule has 2 N–H and O–H groups in total. The Bertz CT molecular complexity index is 176. The van der Waals surface area contributed by atoms with Gasteiger partial charge in [-0.2, -0.15) is 0 Å². The molecule has 0 saturated heterocycles. The third-order valence-electron chi connectivity index (χ3n) is 1.95. The second kappa shape index (κ2) is 8.64. The van der Waals surface area contributed by atoms with Gasteiger partial charge in [0.15, 0.2) is 0 Å². The molecule has 0 bridgehead atoms. The van der Waals surface area contributed by atoms with E-state index >= 15 is 0 Å². The van der Waals surface area contributed by atoms with Crippen LogP contribution in [-0.2, 0) is 14.3 Å². The fourth-order valence-electron chi connectivity index (χ4n) is 1.23. The zero-order valence-corrected chi connectivity index (χ0v) is 10.0. The van der Waals surface area contributed by atoms with Crippen LogP contribution in [0.15, 0.2) is 0 Å². The second-order valence-corrected chi connectivity index (χ2v) is 3.53. The first-order chi connectivity index (χ1) is 7.11. The van der Waals surface area contributed by atoms with E-state index < -0.39 is 0 Å². The summed E-state index contributed by atoms with van der Waals surface area (Å²) >= 11 is 0.